The molecule has 0 aliphatic heterocycles. The van der Waals surface area contributed by atoms with Gasteiger partial charge in [-0.3, -0.25) is 4.99 Å². The van der Waals surface area contributed by atoms with Crippen molar-refractivity contribution < 1.29 is 0 Å². The molecule has 1 aromatic rings. The first-order valence-corrected chi connectivity index (χ1v) is 8.27. The molecule has 0 spiro atoms. The molecular weight excluding hydrogens is 302 g/mol. The number of hydrogen-bond donors (Lipinski definition) is 1. The number of rotatable bonds is 6. The van der Waals surface area contributed by atoms with Gasteiger partial charge < -0.3 is 10.2 Å². The van der Waals surface area contributed by atoms with Crippen LogP contribution in [0, 0.1) is 0 Å². The molecule has 0 aliphatic rings. The summed E-state index contributed by atoms with van der Waals surface area (Å²) in [7, 11) is 0. The number of thiocarbonyl (C=S) groups is 1. The van der Waals surface area contributed by atoms with Crippen LogP contribution in [0.4, 0.5) is 0 Å². The minimum atomic E-state index is 0.713. The van der Waals surface area contributed by atoms with Crippen molar-refractivity contribution in [1.82, 2.24) is 10.2 Å². The molecule has 21 heavy (non-hydrogen) atoms. The molecule has 0 unspecified atom stereocenters. The maximum Gasteiger partial charge on any atom is 0.174 e. The predicted molar refractivity (Wildman–Crippen MR) is 96.4 cm³/mol. The highest BCUT2D eigenvalue weighted by Gasteiger charge is 2.10. The largest absolute Gasteiger partial charge is 0.350 e. The molecule has 116 valence electrons. The van der Waals surface area contributed by atoms with Crippen LogP contribution in [0.3, 0.4) is 0 Å². The molecule has 1 aromatic carbocycles. The van der Waals surface area contributed by atoms with Gasteiger partial charge in [-0.15, -0.1) is 0 Å². The number of nitrogens with zero attached hydrogens (tertiary/aromatic N) is 2. The van der Waals surface area contributed by atoms with Crippen molar-refractivity contribution in [3.8, 4) is 0 Å². The first kappa shape index (κ1) is 17.9. The highest BCUT2D eigenvalue weighted by atomic mass is 35.5. The highest BCUT2D eigenvalue weighted by Crippen LogP contribution is 2.10. The quantitative estimate of drug-likeness (QED) is 0.369. The van der Waals surface area contributed by atoms with Crippen LogP contribution in [0.2, 0.25) is 5.02 Å². The van der Waals surface area contributed by atoms with E-state index in [2.05, 4.69) is 36.0 Å². The van der Waals surface area contributed by atoms with Gasteiger partial charge in [0.2, 0.25) is 0 Å². The molecule has 1 rings (SSSR count). The molecule has 5 heteroatoms. The molecule has 0 fully saturated rings. The summed E-state index contributed by atoms with van der Waals surface area (Å²) in [4.78, 5) is 6.75. The molecule has 0 saturated carbocycles. The minimum Gasteiger partial charge on any atom is -0.350 e. The van der Waals surface area contributed by atoms with Crippen molar-refractivity contribution in [3.05, 3.63) is 34.9 Å². The zero-order valence-electron chi connectivity index (χ0n) is 13.0. The Morgan fingerprint density at radius 1 is 1.19 bits per heavy atom. The maximum atomic E-state index is 5.95. The average Bonchev–Trinajstić information content (AvgIpc) is 2.48. The normalized spacial score (nSPS) is 11.3. The monoisotopic (exact) mass is 325 g/mol. The third-order valence-electron chi connectivity index (χ3n) is 3.18. The molecule has 0 bridgehead atoms. The van der Waals surface area contributed by atoms with Gasteiger partial charge in [0.15, 0.2) is 5.11 Å². The Balaban J connectivity index is 2.89. The summed E-state index contributed by atoms with van der Waals surface area (Å²) in [5.41, 5.74) is 1.00. The number of benzene rings is 1. The van der Waals surface area contributed by atoms with Gasteiger partial charge in [-0.05, 0) is 56.8 Å². The molecule has 0 saturated heterocycles. The van der Waals surface area contributed by atoms with Gasteiger partial charge >= 0.3 is 0 Å². The molecule has 0 aliphatic carbocycles. The predicted octanol–water partition coefficient (Wildman–Crippen LogP) is 4.10. The Morgan fingerprint density at radius 3 is 2.33 bits per heavy atom. The topological polar surface area (TPSA) is 27.6 Å². The molecule has 0 amide bonds. The van der Waals surface area contributed by atoms with Crippen molar-refractivity contribution in [2.24, 2.45) is 4.99 Å². The van der Waals surface area contributed by atoms with Gasteiger partial charge in [-0.25, -0.2) is 0 Å². The fraction of sp³-hybridized carbons (Fsp3) is 0.500. The second-order valence-corrected chi connectivity index (χ2v) is 5.52. The summed E-state index contributed by atoms with van der Waals surface area (Å²) in [6, 6.07) is 7.67. The van der Waals surface area contributed by atoms with E-state index in [0.717, 1.165) is 48.9 Å². The van der Waals surface area contributed by atoms with Gasteiger partial charge in [-0.2, -0.15) is 0 Å². The number of halogens is 1. The Kier molecular flexibility index (Phi) is 8.31. The van der Waals surface area contributed by atoms with E-state index < -0.39 is 0 Å². The lowest BCUT2D eigenvalue weighted by atomic mass is 10.2. The third kappa shape index (κ3) is 6.02. The first-order valence-electron chi connectivity index (χ1n) is 7.48. The van der Waals surface area contributed by atoms with Crippen molar-refractivity contribution in [1.29, 1.82) is 0 Å². The number of unbranched alkanes of at least 4 members (excludes halogenated alkanes) is 1. The second-order valence-electron chi connectivity index (χ2n) is 4.69. The van der Waals surface area contributed by atoms with Crippen LogP contribution in [0.15, 0.2) is 29.3 Å². The van der Waals surface area contributed by atoms with E-state index >= 15 is 0 Å². The standard InChI is InChI=1S/C16H24ClN3S/c1-4-7-12-18-15(13-8-10-14(17)11-9-13)19-16(21)20(5-2)6-3/h8-11H,4-7,12H2,1-3H3,(H,18,19,21). The van der Waals surface area contributed by atoms with E-state index in [0.29, 0.717) is 5.11 Å². The van der Waals surface area contributed by atoms with Gasteiger partial charge in [0.25, 0.3) is 0 Å². The van der Waals surface area contributed by atoms with Crippen LogP contribution in [-0.4, -0.2) is 35.5 Å². The number of nitrogens with one attached hydrogen (secondary N) is 1. The summed E-state index contributed by atoms with van der Waals surface area (Å²) >= 11 is 11.4. The summed E-state index contributed by atoms with van der Waals surface area (Å²) in [6.07, 6.45) is 2.19. The molecule has 1 N–H and O–H groups in total. The van der Waals surface area contributed by atoms with Crippen LogP contribution in [0.25, 0.3) is 0 Å². The van der Waals surface area contributed by atoms with Crippen LogP contribution in [-0.2, 0) is 0 Å². The summed E-state index contributed by atoms with van der Waals surface area (Å²) in [6.45, 7) is 8.89. The fourth-order valence-corrected chi connectivity index (χ4v) is 2.33. The lowest BCUT2D eigenvalue weighted by Gasteiger charge is -2.23. The number of aliphatic imine (C=N–C) groups is 1. The molecular formula is C16H24ClN3S. The second kappa shape index (κ2) is 9.74. The SMILES string of the molecule is CCCCN=C(NC(=S)N(CC)CC)c1ccc(Cl)cc1. The fourth-order valence-electron chi connectivity index (χ4n) is 1.85. The zero-order valence-corrected chi connectivity index (χ0v) is 14.6. The lowest BCUT2D eigenvalue weighted by molar-refractivity contribution is 0.464. The first-order chi connectivity index (χ1) is 10.1. The Hall–Kier alpha value is -1.13. The number of hydrogen-bond acceptors (Lipinski definition) is 2. The van der Waals surface area contributed by atoms with Crippen LogP contribution >= 0.6 is 23.8 Å². The Labute approximate surface area is 138 Å². The minimum absolute atomic E-state index is 0.713. The molecule has 0 radical (unpaired) electrons. The van der Waals surface area contributed by atoms with Gasteiger partial charge in [0, 0.05) is 30.2 Å². The van der Waals surface area contributed by atoms with E-state index in [9.17, 15) is 0 Å². The maximum absolute atomic E-state index is 5.95. The van der Waals surface area contributed by atoms with Gasteiger partial charge in [-0.1, -0.05) is 24.9 Å². The van der Waals surface area contributed by atoms with E-state index in [4.69, 9.17) is 23.8 Å². The van der Waals surface area contributed by atoms with E-state index in [-0.39, 0.29) is 0 Å². The van der Waals surface area contributed by atoms with Crippen molar-refractivity contribution >= 4 is 34.8 Å². The summed E-state index contributed by atoms with van der Waals surface area (Å²) in [5.74, 6) is 0.817. The van der Waals surface area contributed by atoms with E-state index in [1.54, 1.807) is 0 Å². The van der Waals surface area contributed by atoms with Crippen LogP contribution in [0.1, 0.15) is 39.2 Å². The van der Waals surface area contributed by atoms with Crippen molar-refractivity contribution in [3.63, 3.8) is 0 Å². The highest BCUT2D eigenvalue weighted by molar-refractivity contribution is 7.80. The van der Waals surface area contributed by atoms with Crippen LogP contribution in [0.5, 0.6) is 0 Å². The Bertz CT molecular complexity index is 467. The average molecular weight is 326 g/mol. The van der Waals surface area contributed by atoms with Crippen LogP contribution < -0.4 is 5.32 Å². The lowest BCUT2D eigenvalue weighted by Crippen LogP contribution is -2.42. The van der Waals surface area contributed by atoms with Crippen molar-refractivity contribution in [2.45, 2.75) is 33.6 Å². The summed E-state index contributed by atoms with van der Waals surface area (Å²) < 4.78 is 0. The smallest absolute Gasteiger partial charge is 0.174 e. The molecule has 0 atom stereocenters. The van der Waals surface area contributed by atoms with Crippen molar-refractivity contribution in [2.75, 3.05) is 19.6 Å². The van der Waals surface area contributed by atoms with E-state index in [1.807, 2.05) is 24.3 Å². The molecule has 0 heterocycles. The van der Waals surface area contributed by atoms with Gasteiger partial charge in [0.05, 0.1) is 0 Å². The number of amidine groups is 1. The summed E-state index contributed by atoms with van der Waals surface area (Å²) in [5, 5.41) is 4.71. The van der Waals surface area contributed by atoms with Gasteiger partial charge in [0.1, 0.15) is 5.84 Å². The Morgan fingerprint density at radius 2 is 1.81 bits per heavy atom. The van der Waals surface area contributed by atoms with E-state index in [1.165, 1.54) is 0 Å². The molecule has 3 nitrogen and oxygen atoms in total. The molecule has 0 aromatic heterocycles. The third-order valence-corrected chi connectivity index (χ3v) is 3.79. The zero-order chi connectivity index (χ0) is 15.7.